The van der Waals surface area contributed by atoms with Crippen LogP contribution in [0.25, 0.3) is 0 Å². The average Bonchev–Trinajstić information content (AvgIpc) is 2.34. The predicted octanol–water partition coefficient (Wildman–Crippen LogP) is -0.0126. The minimum atomic E-state index is -0.356. The number of aliphatic hydroxyl groups excluding tert-OH is 2. The van der Waals surface area contributed by atoms with Crippen molar-refractivity contribution in [3.05, 3.63) is 30.3 Å². The molecule has 0 spiro atoms. The highest BCUT2D eigenvalue weighted by molar-refractivity contribution is 5.91. The molecule has 1 rings (SSSR count). The Morgan fingerprint density at radius 3 is 2.75 bits per heavy atom. The fourth-order valence-corrected chi connectivity index (χ4v) is 1.24. The Bertz CT molecular complexity index is 316. The van der Waals surface area contributed by atoms with Gasteiger partial charge in [0.25, 0.3) is 0 Å². The SMILES string of the molecule is O=C(NCCO)N(CCO)c1[c]cccc1. The van der Waals surface area contributed by atoms with E-state index in [0.29, 0.717) is 5.69 Å². The van der Waals surface area contributed by atoms with Crippen LogP contribution in [0.1, 0.15) is 0 Å². The largest absolute Gasteiger partial charge is 0.395 e. The summed E-state index contributed by atoms with van der Waals surface area (Å²) >= 11 is 0. The van der Waals surface area contributed by atoms with E-state index in [0.717, 1.165) is 0 Å². The Morgan fingerprint density at radius 2 is 2.19 bits per heavy atom. The van der Waals surface area contributed by atoms with E-state index in [1.807, 2.05) is 0 Å². The third kappa shape index (κ3) is 3.52. The number of para-hydroxylation sites is 1. The summed E-state index contributed by atoms with van der Waals surface area (Å²) in [7, 11) is 0. The highest BCUT2D eigenvalue weighted by atomic mass is 16.3. The van der Waals surface area contributed by atoms with Crippen molar-refractivity contribution in [2.75, 3.05) is 31.2 Å². The van der Waals surface area contributed by atoms with Crippen LogP contribution in [-0.4, -0.2) is 42.5 Å². The van der Waals surface area contributed by atoms with Crippen LogP contribution in [0.2, 0.25) is 0 Å². The van der Waals surface area contributed by atoms with E-state index in [1.165, 1.54) is 4.90 Å². The molecule has 1 aromatic carbocycles. The summed E-state index contributed by atoms with van der Waals surface area (Å²) in [5.74, 6) is 0. The van der Waals surface area contributed by atoms with Crippen LogP contribution in [0.3, 0.4) is 0 Å². The van der Waals surface area contributed by atoms with Crippen molar-refractivity contribution in [1.29, 1.82) is 0 Å². The number of hydrogen-bond donors (Lipinski definition) is 3. The topological polar surface area (TPSA) is 72.8 Å². The molecule has 0 aliphatic carbocycles. The molecule has 0 saturated carbocycles. The van der Waals surface area contributed by atoms with Gasteiger partial charge in [-0.25, -0.2) is 4.79 Å². The number of aliphatic hydroxyl groups is 2. The van der Waals surface area contributed by atoms with Crippen molar-refractivity contribution in [2.45, 2.75) is 0 Å². The zero-order valence-electron chi connectivity index (χ0n) is 8.89. The zero-order chi connectivity index (χ0) is 11.8. The van der Waals surface area contributed by atoms with E-state index >= 15 is 0 Å². The van der Waals surface area contributed by atoms with Crippen molar-refractivity contribution in [3.8, 4) is 0 Å². The third-order valence-electron chi connectivity index (χ3n) is 1.94. The van der Waals surface area contributed by atoms with Gasteiger partial charge in [-0.2, -0.15) is 0 Å². The molecule has 5 nitrogen and oxygen atoms in total. The first kappa shape index (κ1) is 12.5. The van der Waals surface area contributed by atoms with Crippen molar-refractivity contribution in [3.63, 3.8) is 0 Å². The molecule has 1 radical (unpaired) electrons. The molecule has 5 heteroatoms. The normalized spacial score (nSPS) is 9.88. The van der Waals surface area contributed by atoms with Gasteiger partial charge in [-0.05, 0) is 6.07 Å². The summed E-state index contributed by atoms with van der Waals surface area (Å²) in [6.07, 6.45) is 0. The summed E-state index contributed by atoms with van der Waals surface area (Å²) in [5, 5.41) is 20.0. The minimum absolute atomic E-state index is 0.114. The van der Waals surface area contributed by atoms with Gasteiger partial charge in [-0.15, -0.1) is 0 Å². The first-order valence-corrected chi connectivity index (χ1v) is 5.03. The standard InChI is InChI=1S/C11H15N2O3/c14-8-6-12-11(16)13(7-9-15)10-4-2-1-3-5-10/h1-4,14-15H,6-9H2,(H,12,16). The maximum atomic E-state index is 11.7. The molecule has 0 atom stereocenters. The Kier molecular flexibility index (Phi) is 5.31. The highest BCUT2D eigenvalue weighted by Crippen LogP contribution is 2.11. The first-order chi connectivity index (χ1) is 7.79. The molecule has 0 bridgehead atoms. The number of urea groups is 1. The first-order valence-electron chi connectivity index (χ1n) is 5.03. The van der Waals surface area contributed by atoms with Crippen LogP contribution in [-0.2, 0) is 0 Å². The summed E-state index contributed by atoms with van der Waals surface area (Å²) in [6, 6.07) is 9.56. The lowest BCUT2D eigenvalue weighted by Gasteiger charge is -2.21. The van der Waals surface area contributed by atoms with Gasteiger partial charge in [0.15, 0.2) is 0 Å². The van der Waals surface area contributed by atoms with Gasteiger partial charge in [0.1, 0.15) is 0 Å². The molecule has 87 valence electrons. The van der Waals surface area contributed by atoms with E-state index in [2.05, 4.69) is 11.4 Å². The van der Waals surface area contributed by atoms with Gasteiger partial charge in [0.05, 0.1) is 25.4 Å². The maximum absolute atomic E-state index is 11.7. The van der Waals surface area contributed by atoms with Crippen LogP contribution in [0.4, 0.5) is 10.5 Å². The molecule has 1 aromatic rings. The van der Waals surface area contributed by atoms with Gasteiger partial charge in [-0.1, -0.05) is 18.2 Å². The monoisotopic (exact) mass is 223 g/mol. The number of anilines is 1. The van der Waals surface area contributed by atoms with Crippen molar-refractivity contribution in [1.82, 2.24) is 5.32 Å². The lowest BCUT2D eigenvalue weighted by Crippen LogP contribution is -2.42. The summed E-state index contributed by atoms with van der Waals surface area (Å²) < 4.78 is 0. The van der Waals surface area contributed by atoms with Crippen LogP contribution in [0.15, 0.2) is 24.3 Å². The molecule has 16 heavy (non-hydrogen) atoms. The Balaban J connectivity index is 2.71. The number of nitrogens with one attached hydrogen (secondary N) is 1. The summed E-state index contributed by atoms with van der Waals surface area (Å²) in [4.78, 5) is 13.0. The Labute approximate surface area is 94.3 Å². The highest BCUT2D eigenvalue weighted by Gasteiger charge is 2.13. The van der Waals surface area contributed by atoms with Gasteiger partial charge in [0.2, 0.25) is 0 Å². The Morgan fingerprint density at radius 1 is 1.38 bits per heavy atom. The number of nitrogens with zero attached hydrogens (tertiary/aromatic N) is 1. The van der Waals surface area contributed by atoms with E-state index < -0.39 is 0 Å². The fraction of sp³-hybridized carbons (Fsp3) is 0.364. The quantitative estimate of drug-likeness (QED) is 0.657. The summed E-state index contributed by atoms with van der Waals surface area (Å²) in [5.41, 5.74) is 0.590. The fourth-order valence-electron chi connectivity index (χ4n) is 1.24. The molecule has 3 N–H and O–H groups in total. The van der Waals surface area contributed by atoms with E-state index in [1.54, 1.807) is 24.3 Å². The van der Waals surface area contributed by atoms with Crippen LogP contribution < -0.4 is 10.2 Å². The Hall–Kier alpha value is -1.59. The molecule has 0 aliphatic rings. The molecule has 0 unspecified atom stereocenters. The van der Waals surface area contributed by atoms with Gasteiger partial charge < -0.3 is 15.5 Å². The summed E-state index contributed by atoms with van der Waals surface area (Å²) in [6.45, 7) is 0.137. The van der Waals surface area contributed by atoms with Gasteiger partial charge in [0, 0.05) is 12.6 Å². The molecule has 0 aliphatic heterocycles. The molecular weight excluding hydrogens is 208 g/mol. The smallest absolute Gasteiger partial charge is 0.322 e. The van der Waals surface area contributed by atoms with E-state index in [-0.39, 0.29) is 32.3 Å². The van der Waals surface area contributed by atoms with Crippen molar-refractivity contribution < 1.29 is 15.0 Å². The van der Waals surface area contributed by atoms with Gasteiger partial charge >= 0.3 is 6.03 Å². The number of carbonyl (C=O) groups excluding carboxylic acids is 1. The molecule has 0 fully saturated rings. The molecule has 0 saturated heterocycles. The second kappa shape index (κ2) is 6.81. The van der Waals surface area contributed by atoms with Crippen LogP contribution >= 0.6 is 0 Å². The van der Waals surface area contributed by atoms with E-state index in [4.69, 9.17) is 10.2 Å². The maximum Gasteiger partial charge on any atom is 0.322 e. The second-order valence-corrected chi connectivity index (χ2v) is 3.08. The lowest BCUT2D eigenvalue weighted by molar-refractivity contribution is 0.235. The predicted molar refractivity (Wildman–Crippen MR) is 60.2 cm³/mol. The molecule has 0 aromatic heterocycles. The van der Waals surface area contributed by atoms with Crippen molar-refractivity contribution in [2.24, 2.45) is 0 Å². The second-order valence-electron chi connectivity index (χ2n) is 3.08. The number of benzene rings is 1. The minimum Gasteiger partial charge on any atom is -0.395 e. The zero-order valence-corrected chi connectivity index (χ0v) is 8.89. The molecule has 2 amide bonds. The number of carbonyl (C=O) groups is 1. The van der Waals surface area contributed by atoms with Crippen molar-refractivity contribution >= 4 is 11.7 Å². The number of amides is 2. The molecule has 0 heterocycles. The average molecular weight is 223 g/mol. The molecular formula is C11H15N2O3. The lowest BCUT2D eigenvalue weighted by atomic mass is 10.3. The van der Waals surface area contributed by atoms with E-state index in [9.17, 15) is 4.79 Å². The van der Waals surface area contributed by atoms with Gasteiger partial charge in [-0.3, -0.25) is 4.90 Å². The number of hydrogen-bond acceptors (Lipinski definition) is 3. The van der Waals surface area contributed by atoms with Crippen LogP contribution in [0.5, 0.6) is 0 Å². The third-order valence-corrected chi connectivity index (χ3v) is 1.94. The number of rotatable bonds is 5. The van der Waals surface area contributed by atoms with Crippen LogP contribution in [0, 0.1) is 6.07 Å².